The number of rotatable bonds is 10. The van der Waals surface area contributed by atoms with E-state index in [4.69, 9.17) is 9.47 Å². The predicted octanol–water partition coefficient (Wildman–Crippen LogP) is 3.50. The molecule has 0 spiro atoms. The fourth-order valence-electron chi connectivity index (χ4n) is 2.63. The molecule has 0 aliphatic carbocycles. The lowest BCUT2D eigenvalue weighted by atomic mass is 10.1. The highest BCUT2D eigenvalue weighted by Crippen LogP contribution is 2.17. The highest BCUT2D eigenvalue weighted by molar-refractivity contribution is 6.01. The number of amides is 1. The summed E-state index contributed by atoms with van der Waals surface area (Å²) in [6.45, 7) is 6.90. The molecule has 0 aliphatic heterocycles. The van der Waals surface area contributed by atoms with Gasteiger partial charge < -0.3 is 14.8 Å². The third-order valence-corrected chi connectivity index (χ3v) is 3.85. The Hall–Kier alpha value is -3.12. The molecule has 0 saturated heterocycles. The lowest BCUT2D eigenvalue weighted by Crippen LogP contribution is -2.30. The van der Waals surface area contributed by atoms with Gasteiger partial charge in [-0.3, -0.25) is 9.69 Å². The van der Waals surface area contributed by atoms with Crippen LogP contribution in [0.3, 0.4) is 0 Å². The molecule has 0 unspecified atom stereocenters. The fraction of sp³-hybridized carbons (Fsp3) is 0.273. The quantitative estimate of drug-likeness (QED) is 0.503. The highest BCUT2D eigenvalue weighted by Gasteiger charge is 2.15. The summed E-state index contributed by atoms with van der Waals surface area (Å²) >= 11 is 0. The highest BCUT2D eigenvalue weighted by atomic mass is 16.5. The fourth-order valence-corrected chi connectivity index (χ4v) is 2.63. The van der Waals surface area contributed by atoms with E-state index >= 15 is 0 Å². The van der Waals surface area contributed by atoms with E-state index in [1.165, 1.54) is 0 Å². The molecule has 0 aliphatic rings. The first-order valence-electron chi connectivity index (χ1n) is 9.10. The number of nitrogens with one attached hydrogen (secondary N) is 1. The lowest BCUT2D eigenvalue weighted by Gasteiger charge is -2.17. The van der Waals surface area contributed by atoms with Crippen LogP contribution in [0.4, 0.5) is 5.69 Å². The first kappa shape index (κ1) is 21.2. The molecule has 1 amide bonds. The Morgan fingerprint density at radius 2 is 1.86 bits per heavy atom. The van der Waals surface area contributed by atoms with Gasteiger partial charge in [0.1, 0.15) is 12.4 Å². The van der Waals surface area contributed by atoms with Crippen LogP contribution in [0.5, 0.6) is 5.75 Å². The van der Waals surface area contributed by atoms with E-state index in [2.05, 4.69) is 11.9 Å². The maximum absolute atomic E-state index is 12.4. The summed E-state index contributed by atoms with van der Waals surface area (Å²) in [5.74, 6) is 0.121. The van der Waals surface area contributed by atoms with Crippen molar-refractivity contribution in [3.05, 3.63) is 72.3 Å². The molecule has 2 aromatic carbocycles. The van der Waals surface area contributed by atoms with E-state index in [1.807, 2.05) is 36.2 Å². The monoisotopic (exact) mass is 382 g/mol. The van der Waals surface area contributed by atoms with Crippen molar-refractivity contribution in [2.45, 2.75) is 13.5 Å². The summed E-state index contributed by atoms with van der Waals surface area (Å²) in [4.78, 5) is 26.3. The van der Waals surface area contributed by atoms with Crippen LogP contribution in [0, 0.1) is 0 Å². The molecule has 2 aromatic rings. The number of hydrogen-bond donors (Lipinski definition) is 1. The van der Waals surface area contributed by atoms with Crippen LogP contribution in [-0.4, -0.2) is 43.6 Å². The normalized spacial score (nSPS) is 10.4. The Bertz CT molecular complexity index is 802. The molecule has 6 heteroatoms. The molecule has 6 nitrogen and oxygen atoms in total. The lowest BCUT2D eigenvalue weighted by molar-refractivity contribution is -0.117. The topological polar surface area (TPSA) is 67.9 Å². The summed E-state index contributed by atoms with van der Waals surface area (Å²) in [5, 5.41) is 2.79. The van der Waals surface area contributed by atoms with Gasteiger partial charge in [0.05, 0.1) is 24.4 Å². The Balaban J connectivity index is 1.91. The number of anilines is 1. The molecule has 0 aromatic heterocycles. The van der Waals surface area contributed by atoms with Gasteiger partial charge in [-0.25, -0.2) is 4.79 Å². The van der Waals surface area contributed by atoms with Gasteiger partial charge >= 0.3 is 5.97 Å². The average molecular weight is 382 g/mol. The SMILES string of the molecule is C=CCOc1ccc(CN(C)CC(=O)Nc2ccccc2C(=O)OCC)cc1. The smallest absolute Gasteiger partial charge is 0.340 e. The maximum atomic E-state index is 12.4. The summed E-state index contributed by atoms with van der Waals surface area (Å²) in [6, 6.07) is 14.5. The summed E-state index contributed by atoms with van der Waals surface area (Å²) < 4.78 is 10.5. The van der Waals surface area contributed by atoms with E-state index in [0.29, 0.717) is 24.4 Å². The number of carbonyl (C=O) groups excluding carboxylic acids is 2. The van der Waals surface area contributed by atoms with Crippen molar-refractivity contribution in [2.24, 2.45) is 0 Å². The molecule has 0 saturated carbocycles. The van der Waals surface area contributed by atoms with Crippen molar-refractivity contribution in [2.75, 3.05) is 32.1 Å². The van der Waals surface area contributed by atoms with Crippen molar-refractivity contribution >= 4 is 17.6 Å². The van der Waals surface area contributed by atoms with Crippen molar-refractivity contribution in [1.82, 2.24) is 4.90 Å². The Morgan fingerprint density at radius 3 is 2.54 bits per heavy atom. The van der Waals surface area contributed by atoms with Crippen molar-refractivity contribution < 1.29 is 19.1 Å². The minimum Gasteiger partial charge on any atom is -0.490 e. The number of benzene rings is 2. The molecule has 0 radical (unpaired) electrons. The molecule has 0 atom stereocenters. The summed E-state index contributed by atoms with van der Waals surface area (Å²) in [7, 11) is 1.86. The number of nitrogens with zero attached hydrogens (tertiary/aromatic N) is 1. The number of carbonyl (C=O) groups is 2. The van der Waals surface area contributed by atoms with E-state index < -0.39 is 5.97 Å². The Morgan fingerprint density at radius 1 is 1.14 bits per heavy atom. The van der Waals surface area contributed by atoms with Crippen molar-refractivity contribution in [1.29, 1.82) is 0 Å². The Kier molecular flexibility index (Phi) is 8.24. The maximum Gasteiger partial charge on any atom is 0.340 e. The van der Waals surface area contributed by atoms with Crippen LogP contribution < -0.4 is 10.1 Å². The number of esters is 1. The van der Waals surface area contributed by atoms with Gasteiger partial charge in [0.15, 0.2) is 0 Å². The molecule has 0 bridgehead atoms. The minimum absolute atomic E-state index is 0.186. The molecule has 148 valence electrons. The predicted molar refractivity (Wildman–Crippen MR) is 109 cm³/mol. The average Bonchev–Trinajstić information content (AvgIpc) is 2.68. The van der Waals surface area contributed by atoms with Crippen LogP contribution in [0.2, 0.25) is 0 Å². The Labute approximate surface area is 165 Å². The molecule has 2 rings (SSSR count). The first-order chi connectivity index (χ1) is 13.5. The number of para-hydroxylation sites is 1. The number of ether oxygens (including phenoxy) is 2. The number of hydrogen-bond acceptors (Lipinski definition) is 5. The van der Waals surface area contributed by atoms with Crippen LogP contribution >= 0.6 is 0 Å². The number of likely N-dealkylation sites (N-methyl/N-ethyl adjacent to an activating group) is 1. The zero-order valence-corrected chi connectivity index (χ0v) is 16.3. The summed E-state index contributed by atoms with van der Waals surface area (Å²) in [6.07, 6.45) is 1.69. The zero-order chi connectivity index (χ0) is 20.4. The van der Waals surface area contributed by atoms with Gasteiger partial charge in [0.2, 0.25) is 5.91 Å². The second kappa shape index (κ2) is 10.9. The third-order valence-electron chi connectivity index (χ3n) is 3.85. The van der Waals surface area contributed by atoms with Gasteiger partial charge in [-0.2, -0.15) is 0 Å². The summed E-state index contributed by atoms with van der Waals surface area (Å²) in [5.41, 5.74) is 1.85. The van der Waals surface area contributed by atoms with Gasteiger partial charge in [0.25, 0.3) is 0 Å². The van der Waals surface area contributed by atoms with Gasteiger partial charge in [0, 0.05) is 6.54 Å². The van der Waals surface area contributed by atoms with Crippen molar-refractivity contribution in [3.8, 4) is 5.75 Å². The molecular formula is C22H26N2O4. The second-order valence-electron chi connectivity index (χ2n) is 6.23. The third kappa shape index (κ3) is 6.55. The molecule has 0 heterocycles. The second-order valence-corrected chi connectivity index (χ2v) is 6.23. The first-order valence-corrected chi connectivity index (χ1v) is 9.10. The molecular weight excluding hydrogens is 356 g/mol. The van der Waals surface area contributed by atoms with Crippen LogP contribution in [0.1, 0.15) is 22.8 Å². The van der Waals surface area contributed by atoms with Crippen LogP contribution in [0.25, 0.3) is 0 Å². The van der Waals surface area contributed by atoms with Crippen LogP contribution in [0.15, 0.2) is 61.2 Å². The van der Waals surface area contributed by atoms with Crippen molar-refractivity contribution in [3.63, 3.8) is 0 Å². The minimum atomic E-state index is -0.453. The van der Waals surface area contributed by atoms with E-state index in [9.17, 15) is 9.59 Å². The molecule has 28 heavy (non-hydrogen) atoms. The van der Waals surface area contributed by atoms with Gasteiger partial charge in [-0.1, -0.05) is 36.9 Å². The van der Waals surface area contributed by atoms with Gasteiger partial charge in [-0.05, 0) is 43.8 Å². The van der Waals surface area contributed by atoms with E-state index in [-0.39, 0.29) is 19.1 Å². The molecule has 0 fully saturated rings. The van der Waals surface area contributed by atoms with E-state index in [1.54, 1.807) is 37.3 Å². The largest absolute Gasteiger partial charge is 0.490 e. The molecule has 1 N–H and O–H groups in total. The van der Waals surface area contributed by atoms with Crippen LogP contribution in [-0.2, 0) is 16.1 Å². The zero-order valence-electron chi connectivity index (χ0n) is 16.3. The van der Waals surface area contributed by atoms with E-state index in [0.717, 1.165) is 11.3 Å². The van der Waals surface area contributed by atoms with Gasteiger partial charge in [-0.15, -0.1) is 0 Å². The standard InChI is InChI=1S/C22H26N2O4/c1-4-14-28-18-12-10-17(11-13-18)15-24(3)16-21(25)23-20-9-7-6-8-19(20)22(26)27-5-2/h4,6-13H,1,5,14-16H2,2-3H3,(H,23,25).